The molecule has 1 fully saturated rings. The van der Waals surface area contributed by atoms with Gasteiger partial charge in [0.2, 0.25) is 0 Å². The van der Waals surface area contributed by atoms with Gasteiger partial charge in [0, 0.05) is 7.11 Å². The fourth-order valence-corrected chi connectivity index (χ4v) is 3.76. The molecule has 0 radical (unpaired) electrons. The van der Waals surface area contributed by atoms with Gasteiger partial charge in [-0.1, -0.05) is 0 Å². The summed E-state index contributed by atoms with van der Waals surface area (Å²) in [4.78, 5) is 11.2. The van der Waals surface area contributed by atoms with Crippen LogP contribution in [0.25, 0.3) is 0 Å². The minimum atomic E-state index is -1.71. The number of ether oxygens (including phenoxy) is 4. The van der Waals surface area contributed by atoms with Crippen molar-refractivity contribution >= 4 is 5.97 Å². The van der Waals surface area contributed by atoms with Crippen LogP contribution in [0.3, 0.4) is 0 Å². The molecular formula is C19H38NO13+. The van der Waals surface area contributed by atoms with Gasteiger partial charge >= 0.3 is 5.97 Å². The van der Waals surface area contributed by atoms with E-state index in [1.54, 1.807) is 0 Å². The molecule has 1 rings (SSSR count). The zero-order chi connectivity index (χ0) is 25.0. The predicted octanol–water partition coefficient (Wildman–Crippen LogP) is -4.92. The van der Waals surface area contributed by atoms with E-state index in [0.29, 0.717) is 0 Å². The fraction of sp³-hybridized carbons (Fsp3) is 0.947. The Kier molecular flexibility index (Phi) is 13.7. The molecule has 0 aliphatic carbocycles. The van der Waals surface area contributed by atoms with Gasteiger partial charge in [-0.05, 0) is 0 Å². The highest BCUT2D eigenvalue weighted by Gasteiger charge is 2.45. The number of aliphatic hydroxyl groups is 7. The van der Waals surface area contributed by atoms with Crippen LogP contribution in [-0.2, 0) is 23.7 Å². The SMILES string of the molecule is COCC(O)COCC1OC(O)C(O)C(OCC(O)C[N+](CCO)(CCO)CC(=O)O)C1O. The Labute approximate surface area is 191 Å². The number of methoxy groups -OCH3 is 1. The zero-order valence-corrected chi connectivity index (χ0v) is 18.7. The highest BCUT2D eigenvalue weighted by atomic mass is 16.7. The van der Waals surface area contributed by atoms with Crippen LogP contribution < -0.4 is 0 Å². The van der Waals surface area contributed by atoms with Gasteiger partial charge in [0.1, 0.15) is 56.3 Å². The molecule has 0 spiro atoms. The number of hydrogen-bond acceptors (Lipinski definition) is 12. The standard InChI is InChI=1S/C19H37NO13/c1-30-8-13(24)9-31-11-14-16(27)18(17(28)19(29)33-14)32-10-12(23)6-20(2-4-21,3-5-22)7-15(25)26/h12-14,16-19,21-24,27-29H,2-11H2,1H3/p+1. The minimum Gasteiger partial charge on any atom is -0.477 e. The molecule has 8 N–H and O–H groups in total. The molecule has 0 aromatic rings. The fourth-order valence-electron chi connectivity index (χ4n) is 3.76. The van der Waals surface area contributed by atoms with E-state index in [1.165, 1.54) is 7.11 Å². The summed E-state index contributed by atoms with van der Waals surface area (Å²) < 4.78 is 20.3. The molecule has 1 heterocycles. The number of quaternary nitrogens is 1. The van der Waals surface area contributed by atoms with Crippen molar-refractivity contribution in [3.05, 3.63) is 0 Å². The number of aliphatic hydroxyl groups excluding tert-OH is 7. The summed E-state index contributed by atoms with van der Waals surface area (Å²) in [6.45, 7) is -2.20. The Bertz CT molecular complexity index is 548. The lowest BCUT2D eigenvalue weighted by molar-refractivity contribution is -0.924. The number of carboxylic acid groups (broad SMARTS) is 1. The summed E-state index contributed by atoms with van der Waals surface area (Å²) in [6.07, 6.45) is -9.46. The highest BCUT2D eigenvalue weighted by Crippen LogP contribution is 2.23. The molecular weight excluding hydrogens is 450 g/mol. The third kappa shape index (κ3) is 10.0. The normalized spacial score (nSPS) is 27.9. The molecule has 14 heteroatoms. The molecule has 1 saturated heterocycles. The minimum absolute atomic E-state index is 0.0283. The van der Waals surface area contributed by atoms with Gasteiger partial charge in [0.25, 0.3) is 0 Å². The predicted molar refractivity (Wildman–Crippen MR) is 109 cm³/mol. The lowest BCUT2D eigenvalue weighted by atomic mass is 9.99. The van der Waals surface area contributed by atoms with Crippen molar-refractivity contribution in [3.63, 3.8) is 0 Å². The van der Waals surface area contributed by atoms with Crippen molar-refractivity contribution in [1.29, 1.82) is 0 Å². The molecule has 1 aliphatic heterocycles. The van der Waals surface area contributed by atoms with E-state index in [1.807, 2.05) is 0 Å². The Balaban J connectivity index is 2.71. The van der Waals surface area contributed by atoms with Gasteiger partial charge in [0.05, 0.1) is 39.6 Å². The van der Waals surface area contributed by atoms with Crippen LogP contribution in [0.15, 0.2) is 0 Å². The molecule has 33 heavy (non-hydrogen) atoms. The number of rotatable bonds is 17. The average molecular weight is 489 g/mol. The smallest absolute Gasteiger partial charge is 0.359 e. The third-order valence-electron chi connectivity index (χ3n) is 5.31. The monoisotopic (exact) mass is 488 g/mol. The average Bonchev–Trinajstić information content (AvgIpc) is 2.71. The lowest BCUT2D eigenvalue weighted by Gasteiger charge is -2.41. The second-order valence-electron chi connectivity index (χ2n) is 8.12. The number of carbonyl (C=O) groups is 1. The Morgan fingerprint density at radius 3 is 2.18 bits per heavy atom. The second kappa shape index (κ2) is 15.1. The molecule has 0 aromatic carbocycles. The first-order chi connectivity index (χ1) is 15.6. The van der Waals surface area contributed by atoms with Crippen LogP contribution in [0.5, 0.6) is 0 Å². The first kappa shape index (κ1) is 30.0. The summed E-state index contributed by atoms with van der Waals surface area (Å²) in [5.74, 6) is -1.18. The second-order valence-corrected chi connectivity index (χ2v) is 8.12. The maximum Gasteiger partial charge on any atom is 0.359 e. The van der Waals surface area contributed by atoms with E-state index in [9.17, 15) is 45.6 Å². The number of aliphatic carboxylic acids is 1. The van der Waals surface area contributed by atoms with Crippen LogP contribution >= 0.6 is 0 Å². The molecule has 0 aromatic heterocycles. The molecule has 14 nitrogen and oxygen atoms in total. The van der Waals surface area contributed by atoms with Gasteiger partial charge in [0.15, 0.2) is 12.8 Å². The molecule has 1 aliphatic rings. The van der Waals surface area contributed by atoms with Gasteiger partial charge in [-0.2, -0.15) is 0 Å². The van der Waals surface area contributed by atoms with E-state index in [0.717, 1.165) is 0 Å². The van der Waals surface area contributed by atoms with Crippen LogP contribution in [0.1, 0.15) is 0 Å². The third-order valence-corrected chi connectivity index (χ3v) is 5.31. The van der Waals surface area contributed by atoms with Crippen molar-refractivity contribution < 1.29 is 69.1 Å². The molecule has 0 bridgehead atoms. The molecule has 7 atom stereocenters. The van der Waals surface area contributed by atoms with Crippen molar-refractivity contribution in [2.24, 2.45) is 0 Å². The number of hydrogen-bond donors (Lipinski definition) is 8. The summed E-state index contributed by atoms with van der Waals surface area (Å²) in [5.41, 5.74) is 0. The Hall–Kier alpha value is -1.01. The Morgan fingerprint density at radius 2 is 1.64 bits per heavy atom. The zero-order valence-electron chi connectivity index (χ0n) is 18.7. The van der Waals surface area contributed by atoms with Gasteiger partial charge in [-0.15, -0.1) is 0 Å². The van der Waals surface area contributed by atoms with Gasteiger partial charge < -0.3 is 64.3 Å². The van der Waals surface area contributed by atoms with E-state index < -0.39 is 62.0 Å². The lowest BCUT2D eigenvalue weighted by Crippen LogP contribution is -2.61. The largest absolute Gasteiger partial charge is 0.477 e. The maximum atomic E-state index is 11.2. The van der Waals surface area contributed by atoms with E-state index in [2.05, 4.69) is 0 Å². The topological polar surface area (TPSA) is 216 Å². The number of carboxylic acids is 1. The van der Waals surface area contributed by atoms with Gasteiger partial charge in [-0.3, -0.25) is 0 Å². The summed E-state index contributed by atoms with van der Waals surface area (Å²) >= 11 is 0. The summed E-state index contributed by atoms with van der Waals surface area (Å²) in [7, 11) is 1.41. The van der Waals surface area contributed by atoms with Crippen LogP contribution in [0.4, 0.5) is 0 Å². The quantitative estimate of drug-likeness (QED) is 0.0902. The molecule has 0 amide bonds. The molecule has 0 saturated carbocycles. The highest BCUT2D eigenvalue weighted by molar-refractivity contribution is 5.67. The van der Waals surface area contributed by atoms with E-state index in [-0.39, 0.29) is 57.2 Å². The maximum absolute atomic E-state index is 11.2. The van der Waals surface area contributed by atoms with E-state index in [4.69, 9.17) is 18.9 Å². The van der Waals surface area contributed by atoms with Crippen LogP contribution in [0, 0.1) is 0 Å². The van der Waals surface area contributed by atoms with Gasteiger partial charge in [-0.25, -0.2) is 4.79 Å². The Morgan fingerprint density at radius 1 is 1.00 bits per heavy atom. The number of nitrogens with zero attached hydrogens (tertiary/aromatic N) is 1. The molecule has 196 valence electrons. The first-order valence-electron chi connectivity index (χ1n) is 10.6. The van der Waals surface area contributed by atoms with Crippen molar-refractivity contribution in [2.45, 2.75) is 42.9 Å². The summed E-state index contributed by atoms with van der Waals surface area (Å²) in [6, 6.07) is 0. The van der Waals surface area contributed by atoms with Crippen molar-refractivity contribution in [1.82, 2.24) is 0 Å². The first-order valence-corrected chi connectivity index (χ1v) is 10.6. The van der Waals surface area contributed by atoms with E-state index >= 15 is 0 Å². The summed E-state index contributed by atoms with van der Waals surface area (Å²) in [5, 5.41) is 78.4. The molecule has 7 unspecified atom stereocenters. The van der Waals surface area contributed by atoms with Crippen LogP contribution in [0.2, 0.25) is 0 Å². The van der Waals surface area contributed by atoms with Crippen LogP contribution in [-0.4, -0.2) is 167 Å². The van der Waals surface area contributed by atoms with Crippen molar-refractivity contribution in [2.75, 3.05) is 72.9 Å². The van der Waals surface area contributed by atoms with Crippen molar-refractivity contribution in [3.8, 4) is 0 Å².